The average molecular weight is 820 g/mol. The molecule has 0 aliphatic rings. The minimum atomic E-state index is -4.66. The first kappa shape index (κ1) is 54.2. The van der Waals surface area contributed by atoms with Crippen molar-refractivity contribution in [2.75, 3.05) is 47.5 Å². The number of carbonyl (C=O) groups excluding carboxylic acids is 2. The third-order valence-electron chi connectivity index (χ3n) is 8.48. The molecule has 0 saturated carbocycles. The van der Waals surface area contributed by atoms with Gasteiger partial charge in [-0.25, -0.2) is 0 Å². The molecule has 0 amide bonds. The number of rotatable bonds is 37. The molecule has 0 aliphatic heterocycles. The van der Waals surface area contributed by atoms with E-state index in [1.807, 2.05) is 57.6 Å². The second kappa shape index (κ2) is 37.4. The zero-order valence-corrected chi connectivity index (χ0v) is 37.0. The number of quaternary nitrogens is 1. The zero-order valence-electron chi connectivity index (χ0n) is 36.1. The number of hydrogen-bond donors (Lipinski definition) is 1. The van der Waals surface area contributed by atoms with Crippen molar-refractivity contribution in [1.29, 1.82) is 0 Å². The second-order valence-electron chi connectivity index (χ2n) is 15.2. The smallest absolute Gasteiger partial charge is 0.306 e. The van der Waals surface area contributed by atoms with Crippen molar-refractivity contribution in [2.24, 2.45) is 0 Å². The van der Waals surface area contributed by atoms with Crippen LogP contribution in [0.3, 0.4) is 0 Å². The molecule has 57 heavy (non-hydrogen) atoms. The average Bonchev–Trinajstić information content (AvgIpc) is 3.15. The molecule has 11 heteroatoms. The van der Waals surface area contributed by atoms with Gasteiger partial charge in [-0.05, 0) is 77.0 Å². The van der Waals surface area contributed by atoms with E-state index in [1.54, 1.807) is 6.08 Å². The number of likely N-dealkylation sites (N-methyl/N-ethyl adjacent to an activating group) is 1. The highest BCUT2D eigenvalue weighted by Gasteiger charge is 2.21. The van der Waals surface area contributed by atoms with Gasteiger partial charge in [-0.3, -0.25) is 14.2 Å². The van der Waals surface area contributed by atoms with E-state index in [0.717, 1.165) is 64.2 Å². The predicted molar refractivity (Wildman–Crippen MR) is 232 cm³/mol. The van der Waals surface area contributed by atoms with E-state index in [0.29, 0.717) is 36.7 Å². The fraction of sp³-hybridized carbons (Fsp3) is 0.652. The van der Waals surface area contributed by atoms with Crippen LogP contribution in [0.2, 0.25) is 0 Å². The van der Waals surface area contributed by atoms with Crippen LogP contribution in [0.25, 0.3) is 0 Å². The maximum absolute atomic E-state index is 12.7. The van der Waals surface area contributed by atoms with Gasteiger partial charge in [0.1, 0.15) is 19.8 Å². The second-order valence-corrected chi connectivity index (χ2v) is 16.6. The highest BCUT2D eigenvalue weighted by atomic mass is 31.2. The minimum Gasteiger partial charge on any atom is -0.756 e. The maximum Gasteiger partial charge on any atom is 0.306 e. The molecule has 0 aromatic carbocycles. The van der Waals surface area contributed by atoms with E-state index in [1.165, 1.54) is 19.3 Å². The number of allylic oxidation sites excluding steroid dienone is 12. The summed E-state index contributed by atoms with van der Waals surface area (Å²) in [6.07, 6.45) is 43.6. The summed E-state index contributed by atoms with van der Waals surface area (Å²) < 4.78 is 33.7. The molecule has 0 saturated heterocycles. The molecule has 1 unspecified atom stereocenters. The van der Waals surface area contributed by atoms with Crippen molar-refractivity contribution in [3.63, 3.8) is 0 Å². The Morgan fingerprint density at radius 1 is 0.667 bits per heavy atom. The van der Waals surface area contributed by atoms with Crippen LogP contribution >= 0.6 is 7.82 Å². The number of hydrogen-bond acceptors (Lipinski definition) is 9. The molecule has 0 spiro atoms. The number of phosphoric acid groups is 1. The standard InChI is InChI=1S/C46H78NO9P/c1-6-8-10-12-14-15-16-17-18-19-20-21-26-30-34-38-46(50)56-44(42-55-57(51,52)54-40-39-47(3,4)5)41-53-45(49)37-33-29-25-23-22-24-28-32-36-43(48)35-31-27-13-11-9-7-2/h8,10,14-15,17-18,23-25,27-28,31-32,36,43-44,48H,6-7,9,11-13,16,19-22,26,29-30,33-35,37-42H2,1-5H3/b10-8-,15-14-,18-17-,25-23-,28-24-,31-27-,36-32+/t43-,44-/m1/s1. The van der Waals surface area contributed by atoms with Crippen LogP contribution in [0.5, 0.6) is 0 Å². The first-order valence-corrected chi connectivity index (χ1v) is 22.9. The van der Waals surface area contributed by atoms with Crippen LogP contribution in [0.4, 0.5) is 0 Å². The molecule has 0 aliphatic carbocycles. The van der Waals surface area contributed by atoms with Gasteiger partial charge >= 0.3 is 11.9 Å². The Kier molecular flexibility index (Phi) is 35.6. The van der Waals surface area contributed by atoms with Crippen LogP contribution in [0.1, 0.15) is 136 Å². The fourth-order valence-electron chi connectivity index (χ4n) is 5.10. The molecule has 0 heterocycles. The van der Waals surface area contributed by atoms with Gasteiger partial charge in [0.15, 0.2) is 6.10 Å². The molecule has 0 aromatic heterocycles. The predicted octanol–water partition coefficient (Wildman–Crippen LogP) is 10.4. The van der Waals surface area contributed by atoms with Crippen LogP contribution in [-0.4, -0.2) is 81.2 Å². The molecule has 0 rings (SSSR count). The van der Waals surface area contributed by atoms with Crippen LogP contribution in [-0.2, 0) is 32.7 Å². The lowest BCUT2D eigenvalue weighted by molar-refractivity contribution is -0.870. The lowest BCUT2D eigenvalue weighted by Crippen LogP contribution is -2.37. The Bertz CT molecular complexity index is 1260. The van der Waals surface area contributed by atoms with Gasteiger partial charge in [-0.15, -0.1) is 0 Å². The summed E-state index contributed by atoms with van der Waals surface area (Å²) in [5, 5.41) is 10.0. The maximum atomic E-state index is 12.7. The minimum absolute atomic E-state index is 0.0577. The van der Waals surface area contributed by atoms with E-state index >= 15 is 0 Å². The van der Waals surface area contributed by atoms with Gasteiger partial charge in [-0.2, -0.15) is 0 Å². The molecule has 10 nitrogen and oxygen atoms in total. The Morgan fingerprint density at radius 3 is 1.93 bits per heavy atom. The van der Waals surface area contributed by atoms with E-state index < -0.39 is 38.6 Å². The summed E-state index contributed by atoms with van der Waals surface area (Å²) in [6.45, 7) is 3.88. The normalized spacial score (nSPS) is 15.0. The Morgan fingerprint density at radius 2 is 1.25 bits per heavy atom. The molecule has 0 bridgehead atoms. The van der Waals surface area contributed by atoms with Gasteiger partial charge in [0.2, 0.25) is 0 Å². The van der Waals surface area contributed by atoms with E-state index in [2.05, 4.69) is 56.4 Å². The number of ether oxygens (including phenoxy) is 2. The van der Waals surface area contributed by atoms with Crippen LogP contribution < -0.4 is 4.89 Å². The van der Waals surface area contributed by atoms with Crippen LogP contribution in [0, 0.1) is 0 Å². The number of carbonyl (C=O) groups is 2. The summed E-state index contributed by atoms with van der Waals surface area (Å²) in [7, 11) is 1.07. The number of nitrogens with zero attached hydrogens (tertiary/aromatic N) is 1. The Hall–Kier alpha value is -2.85. The molecule has 0 fully saturated rings. The topological polar surface area (TPSA) is 131 Å². The first-order valence-electron chi connectivity index (χ1n) is 21.4. The first-order chi connectivity index (χ1) is 27.4. The highest BCUT2D eigenvalue weighted by molar-refractivity contribution is 7.45. The number of unbranched alkanes of at least 4 members (excludes halogenated alkanes) is 9. The summed E-state index contributed by atoms with van der Waals surface area (Å²) >= 11 is 0. The van der Waals surface area contributed by atoms with Gasteiger partial charge in [-0.1, -0.05) is 131 Å². The summed E-state index contributed by atoms with van der Waals surface area (Å²) in [5.74, 6) is -0.969. The van der Waals surface area contributed by atoms with E-state index in [9.17, 15) is 24.2 Å². The summed E-state index contributed by atoms with van der Waals surface area (Å²) in [6, 6.07) is 0. The van der Waals surface area contributed by atoms with E-state index in [4.69, 9.17) is 18.5 Å². The van der Waals surface area contributed by atoms with Gasteiger partial charge in [0.25, 0.3) is 7.82 Å². The van der Waals surface area contributed by atoms with E-state index in [-0.39, 0.29) is 26.1 Å². The molecule has 326 valence electrons. The van der Waals surface area contributed by atoms with Gasteiger partial charge < -0.3 is 33.0 Å². The van der Waals surface area contributed by atoms with Crippen molar-refractivity contribution in [1.82, 2.24) is 0 Å². The third kappa shape index (κ3) is 41.1. The summed E-state index contributed by atoms with van der Waals surface area (Å²) in [5.41, 5.74) is 0. The number of aliphatic hydroxyl groups is 1. The molecular weight excluding hydrogens is 741 g/mol. The highest BCUT2D eigenvalue weighted by Crippen LogP contribution is 2.38. The summed E-state index contributed by atoms with van der Waals surface area (Å²) in [4.78, 5) is 37.5. The zero-order chi connectivity index (χ0) is 42.3. The number of aliphatic hydroxyl groups excluding tert-OH is 1. The Balaban J connectivity index is 4.58. The van der Waals surface area contributed by atoms with Crippen molar-refractivity contribution in [2.45, 2.75) is 148 Å². The molecule has 3 atom stereocenters. The monoisotopic (exact) mass is 820 g/mol. The quantitative estimate of drug-likeness (QED) is 0.0162. The molecule has 0 aromatic rings. The number of esters is 2. The number of phosphoric ester groups is 1. The fourth-order valence-corrected chi connectivity index (χ4v) is 5.82. The van der Waals surface area contributed by atoms with Gasteiger partial charge in [0, 0.05) is 12.8 Å². The van der Waals surface area contributed by atoms with Crippen LogP contribution in [0.15, 0.2) is 85.1 Å². The molecule has 0 radical (unpaired) electrons. The lowest BCUT2D eigenvalue weighted by Gasteiger charge is -2.28. The molecule has 1 N–H and O–H groups in total. The van der Waals surface area contributed by atoms with Gasteiger partial charge in [0.05, 0.1) is 33.9 Å². The largest absolute Gasteiger partial charge is 0.756 e. The third-order valence-corrected chi connectivity index (χ3v) is 9.44. The van der Waals surface area contributed by atoms with Crippen molar-refractivity contribution >= 4 is 19.8 Å². The van der Waals surface area contributed by atoms with Crippen molar-refractivity contribution in [3.8, 4) is 0 Å². The lowest BCUT2D eigenvalue weighted by atomic mass is 10.1. The molecular formula is C46H78NO9P. The Labute approximate surface area is 346 Å². The van der Waals surface area contributed by atoms with Crippen molar-refractivity contribution in [3.05, 3.63) is 85.1 Å². The SMILES string of the molecule is CC/C=C\C/C=C\C/C=C\CCCCCCCC(=O)O[C@H](COC(=O)CCC/C=C\C/C=C\C=C\[C@H](O)C/C=C\CCCCC)COP(=O)([O-])OCC[N+](C)(C)C. The van der Waals surface area contributed by atoms with Crippen molar-refractivity contribution < 1.29 is 47.2 Å².